The number of rotatable bonds is 6. The molecule has 0 atom stereocenters. The monoisotopic (exact) mass is 509 g/mol. The summed E-state index contributed by atoms with van der Waals surface area (Å²) in [6, 6.07) is 11.9. The fourth-order valence-corrected chi connectivity index (χ4v) is 4.62. The molecule has 0 saturated heterocycles. The minimum absolute atomic E-state index is 0.182. The predicted octanol–water partition coefficient (Wildman–Crippen LogP) is 6.22. The maximum Gasteiger partial charge on any atom is 0.207 e. The summed E-state index contributed by atoms with van der Waals surface area (Å²) < 4.78 is 6.18. The third-order valence-electron chi connectivity index (χ3n) is 5.99. The molecule has 7 nitrogen and oxygen atoms in total. The number of thiazole rings is 1. The lowest BCUT2D eigenvalue weighted by Crippen LogP contribution is -2.35. The van der Waals surface area contributed by atoms with Crippen molar-refractivity contribution in [1.82, 2.24) is 20.3 Å². The average Bonchev–Trinajstić information content (AvgIpc) is 3.24. The smallest absolute Gasteiger partial charge is 0.207 e. The second kappa shape index (κ2) is 12.0. The van der Waals surface area contributed by atoms with E-state index in [1.165, 1.54) is 4.88 Å². The van der Waals surface area contributed by atoms with E-state index in [-0.39, 0.29) is 12.1 Å². The number of anilines is 2. The van der Waals surface area contributed by atoms with Gasteiger partial charge in [-0.05, 0) is 81.3 Å². The van der Waals surface area contributed by atoms with Crippen molar-refractivity contribution in [2.75, 3.05) is 5.32 Å². The van der Waals surface area contributed by atoms with Crippen LogP contribution in [0.25, 0.3) is 10.8 Å². The number of aromatic nitrogens is 3. The lowest BCUT2D eigenvalue weighted by Gasteiger charge is -2.28. The van der Waals surface area contributed by atoms with Gasteiger partial charge in [0.1, 0.15) is 16.7 Å². The van der Waals surface area contributed by atoms with Gasteiger partial charge in [-0.1, -0.05) is 11.6 Å². The summed E-state index contributed by atoms with van der Waals surface area (Å²) in [6.07, 6.45) is 8.20. The Morgan fingerprint density at radius 1 is 1.06 bits per heavy atom. The molecule has 1 saturated carbocycles. The first-order valence-electron chi connectivity index (χ1n) is 11.5. The molecule has 0 unspecified atom stereocenters. The van der Waals surface area contributed by atoms with Crippen molar-refractivity contribution in [2.45, 2.75) is 51.7 Å². The highest BCUT2D eigenvalue weighted by atomic mass is 35.5. The van der Waals surface area contributed by atoms with Gasteiger partial charge in [0.15, 0.2) is 0 Å². The minimum atomic E-state index is 0.182. The zero-order chi connectivity index (χ0) is 24.6. The quantitative estimate of drug-likeness (QED) is 0.237. The SMILES string of the molecule is Cc1ncsc1C.O=CNC1CCC(Oc2ccc3c(Nc4ccc(Cl)nc4)nccc3c2)CC1. The summed E-state index contributed by atoms with van der Waals surface area (Å²) >= 11 is 7.54. The summed E-state index contributed by atoms with van der Waals surface area (Å²) in [5.74, 6) is 1.61. The molecule has 0 spiro atoms. The van der Waals surface area contributed by atoms with Gasteiger partial charge in [-0.25, -0.2) is 15.0 Å². The Hall–Kier alpha value is -3.23. The van der Waals surface area contributed by atoms with Gasteiger partial charge in [-0.3, -0.25) is 4.79 Å². The van der Waals surface area contributed by atoms with Gasteiger partial charge in [0.25, 0.3) is 0 Å². The first kappa shape index (κ1) is 24.9. The molecule has 0 bridgehead atoms. The van der Waals surface area contributed by atoms with E-state index in [1.807, 2.05) is 42.8 Å². The maximum atomic E-state index is 10.6. The first-order chi connectivity index (χ1) is 17.0. The number of benzene rings is 1. The van der Waals surface area contributed by atoms with Gasteiger partial charge in [0.2, 0.25) is 6.41 Å². The summed E-state index contributed by atoms with van der Waals surface area (Å²) in [6.45, 7) is 4.10. The lowest BCUT2D eigenvalue weighted by molar-refractivity contribution is -0.110. The zero-order valence-electron chi connectivity index (χ0n) is 19.7. The Morgan fingerprint density at radius 3 is 2.51 bits per heavy atom. The molecular weight excluding hydrogens is 482 g/mol. The third kappa shape index (κ3) is 6.90. The Morgan fingerprint density at radius 2 is 1.89 bits per heavy atom. The molecule has 1 aliphatic carbocycles. The van der Waals surface area contributed by atoms with Crippen molar-refractivity contribution >= 4 is 51.6 Å². The van der Waals surface area contributed by atoms with Crippen LogP contribution in [0.3, 0.4) is 0 Å². The van der Waals surface area contributed by atoms with Crippen LogP contribution >= 0.6 is 22.9 Å². The fourth-order valence-electron chi connectivity index (χ4n) is 3.91. The van der Waals surface area contributed by atoms with Gasteiger partial charge in [-0.15, -0.1) is 11.3 Å². The van der Waals surface area contributed by atoms with Crippen molar-refractivity contribution in [3.63, 3.8) is 0 Å². The van der Waals surface area contributed by atoms with Crippen LogP contribution in [-0.2, 0) is 4.79 Å². The number of hydrogen-bond acceptors (Lipinski definition) is 7. The molecule has 35 heavy (non-hydrogen) atoms. The number of hydrogen-bond donors (Lipinski definition) is 2. The molecule has 3 heterocycles. The molecule has 1 aromatic carbocycles. The fraction of sp³-hybridized carbons (Fsp3) is 0.308. The maximum absolute atomic E-state index is 10.6. The molecule has 182 valence electrons. The molecule has 3 aromatic heterocycles. The number of fused-ring (bicyclic) bond motifs is 1. The predicted molar refractivity (Wildman–Crippen MR) is 142 cm³/mol. The third-order valence-corrected chi connectivity index (χ3v) is 7.08. The van der Waals surface area contributed by atoms with E-state index in [0.717, 1.165) is 65.8 Å². The van der Waals surface area contributed by atoms with E-state index in [4.69, 9.17) is 16.3 Å². The molecule has 9 heteroatoms. The number of halogens is 1. The number of aryl methyl sites for hydroxylation is 2. The topological polar surface area (TPSA) is 89.0 Å². The summed E-state index contributed by atoms with van der Waals surface area (Å²) in [7, 11) is 0. The molecule has 1 amide bonds. The summed E-state index contributed by atoms with van der Waals surface area (Å²) in [5.41, 5.74) is 3.85. The highest BCUT2D eigenvalue weighted by molar-refractivity contribution is 7.09. The van der Waals surface area contributed by atoms with Crippen LogP contribution in [0, 0.1) is 13.8 Å². The van der Waals surface area contributed by atoms with Gasteiger partial charge >= 0.3 is 0 Å². The number of carbonyl (C=O) groups excluding carboxylic acids is 1. The van der Waals surface area contributed by atoms with Crippen molar-refractivity contribution in [3.05, 3.63) is 70.0 Å². The molecule has 0 radical (unpaired) electrons. The number of nitrogens with zero attached hydrogens (tertiary/aromatic N) is 3. The molecule has 1 fully saturated rings. The van der Waals surface area contributed by atoms with Crippen LogP contribution in [0.15, 0.2) is 54.3 Å². The lowest BCUT2D eigenvalue weighted by atomic mass is 9.93. The molecule has 5 rings (SSSR count). The Balaban J connectivity index is 0.000000356. The number of amides is 1. The first-order valence-corrected chi connectivity index (χ1v) is 12.8. The highest BCUT2D eigenvalue weighted by Crippen LogP contribution is 2.30. The molecule has 2 N–H and O–H groups in total. The second-order valence-corrected chi connectivity index (χ2v) is 9.85. The number of carbonyl (C=O) groups is 1. The Bertz CT molecular complexity index is 1240. The largest absolute Gasteiger partial charge is 0.490 e. The Kier molecular flexibility index (Phi) is 8.50. The summed E-state index contributed by atoms with van der Waals surface area (Å²) in [5, 5.41) is 8.65. The second-order valence-electron chi connectivity index (χ2n) is 8.41. The van der Waals surface area contributed by atoms with Crippen LogP contribution in [0.2, 0.25) is 5.15 Å². The van der Waals surface area contributed by atoms with Crippen molar-refractivity contribution in [1.29, 1.82) is 0 Å². The van der Waals surface area contributed by atoms with Crippen molar-refractivity contribution < 1.29 is 9.53 Å². The molecule has 0 aliphatic heterocycles. The van der Waals surface area contributed by atoms with Crippen LogP contribution in [-0.4, -0.2) is 33.5 Å². The normalized spacial score (nSPS) is 17.2. The van der Waals surface area contributed by atoms with Crippen molar-refractivity contribution in [2.24, 2.45) is 0 Å². The summed E-state index contributed by atoms with van der Waals surface area (Å²) in [4.78, 5) is 24.5. The van der Waals surface area contributed by atoms with Gasteiger partial charge < -0.3 is 15.4 Å². The molecular formula is C26H28ClN5O2S. The number of nitrogens with one attached hydrogen (secondary N) is 2. The molecule has 4 aromatic rings. The van der Waals surface area contributed by atoms with E-state index in [0.29, 0.717) is 5.15 Å². The van der Waals surface area contributed by atoms with Crippen LogP contribution in [0.1, 0.15) is 36.3 Å². The highest BCUT2D eigenvalue weighted by Gasteiger charge is 2.22. The van der Waals surface area contributed by atoms with Crippen LogP contribution < -0.4 is 15.4 Å². The standard InChI is InChI=1S/C21H21ClN4O2.C5H7NS/c22-20-8-3-16(12-24-20)26-21-19-7-6-18(11-14(19)9-10-23-21)28-17-4-1-15(2-5-17)25-13-27;1-4-5(2)7-3-6-4/h3,6-13,15,17H,1-2,4-5H2,(H,23,26)(H,25,27);3H,1-2H3. The number of pyridine rings is 2. The Labute approximate surface area is 213 Å². The van der Waals surface area contributed by atoms with Gasteiger partial charge in [-0.2, -0.15) is 0 Å². The zero-order valence-corrected chi connectivity index (χ0v) is 21.3. The van der Waals surface area contributed by atoms with Gasteiger partial charge in [0, 0.05) is 22.5 Å². The minimum Gasteiger partial charge on any atom is -0.490 e. The van der Waals surface area contributed by atoms with E-state index in [1.54, 1.807) is 29.8 Å². The van der Waals surface area contributed by atoms with E-state index in [2.05, 4.69) is 32.5 Å². The van der Waals surface area contributed by atoms with E-state index < -0.39 is 0 Å². The average molecular weight is 510 g/mol. The van der Waals surface area contributed by atoms with Crippen molar-refractivity contribution in [3.8, 4) is 5.75 Å². The van der Waals surface area contributed by atoms with E-state index in [9.17, 15) is 4.79 Å². The van der Waals surface area contributed by atoms with Gasteiger partial charge in [0.05, 0.1) is 29.2 Å². The van der Waals surface area contributed by atoms with E-state index >= 15 is 0 Å². The molecule has 1 aliphatic rings. The van der Waals surface area contributed by atoms with Crippen LogP contribution in [0.5, 0.6) is 5.75 Å². The van der Waals surface area contributed by atoms with Crippen LogP contribution in [0.4, 0.5) is 11.5 Å². The number of ether oxygens (including phenoxy) is 1.